The number of rotatable bonds is 7. The van der Waals surface area contributed by atoms with E-state index in [0.29, 0.717) is 18.4 Å². The fourth-order valence-corrected chi connectivity index (χ4v) is 3.65. The lowest BCUT2D eigenvalue weighted by Crippen LogP contribution is -2.42. The van der Waals surface area contributed by atoms with Crippen LogP contribution in [0.15, 0.2) is 24.3 Å². The summed E-state index contributed by atoms with van der Waals surface area (Å²) in [5, 5.41) is 0.263. The molecule has 1 aliphatic rings. The van der Waals surface area contributed by atoms with Gasteiger partial charge in [0.05, 0.1) is 6.61 Å². The standard InChI is InChI=1S/C19H34O3Si/c1-7-21-18(20)14-9-8-11-16-12-10-13-17(16)15-22-23(5,6)19(2,3)4/h8-9,11,14,16-17H,7,10,12-13,15H2,1-6H3/t16-,17-/m0/s1. The average Bonchev–Trinajstić information content (AvgIpc) is 2.88. The monoisotopic (exact) mass is 338 g/mol. The summed E-state index contributed by atoms with van der Waals surface area (Å²) >= 11 is 0. The lowest BCUT2D eigenvalue weighted by molar-refractivity contribution is -0.137. The van der Waals surface area contributed by atoms with Crippen LogP contribution in [0.25, 0.3) is 0 Å². The second-order valence-corrected chi connectivity index (χ2v) is 12.7. The summed E-state index contributed by atoms with van der Waals surface area (Å²) in [4.78, 5) is 11.3. The molecule has 0 amide bonds. The third-order valence-corrected chi connectivity index (χ3v) is 9.67. The van der Waals surface area contributed by atoms with Crippen LogP contribution < -0.4 is 0 Å². The van der Waals surface area contributed by atoms with Gasteiger partial charge in [0.1, 0.15) is 0 Å². The third kappa shape index (κ3) is 6.64. The van der Waals surface area contributed by atoms with Crippen molar-refractivity contribution in [2.24, 2.45) is 11.8 Å². The van der Waals surface area contributed by atoms with E-state index in [1.165, 1.54) is 25.3 Å². The van der Waals surface area contributed by atoms with E-state index < -0.39 is 8.32 Å². The Bertz CT molecular complexity index is 432. The van der Waals surface area contributed by atoms with Crippen LogP contribution in [0.2, 0.25) is 18.1 Å². The second kappa shape index (κ2) is 8.83. The van der Waals surface area contributed by atoms with E-state index in [1.807, 2.05) is 13.0 Å². The zero-order valence-corrected chi connectivity index (χ0v) is 16.7. The predicted molar refractivity (Wildman–Crippen MR) is 98.9 cm³/mol. The molecule has 23 heavy (non-hydrogen) atoms. The number of hydrogen-bond donors (Lipinski definition) is 0. The van der Waals surface area contributed by atoms with Gasteiger partial charge in [0, 0.05) is 12.7 Å². The topological polar surface area (TPSA) is 35.5 Å². The Kier molecular flexibility index (Phi) is 7.75. The number of ether oxygens (including phenoxy) is 1. The van der Waals surface area contributed by atoms with Gasteiger partial charge in [-0.15, -0.1) is 0 Å². The first-order chi connectivity index (χ1) is 10.7. The van der Waals surface area contributed by atoms with Crippen molar-refractivity contribution in [3.05, 3.63) is 24.3 Å². The molecule has 0 unspecified atom stereocenters. The van der Waals surface area contributed by atoms with Crippen molar-refractivity contribution in [1.29, 1.82) is 0 Å². The van der Waals surface area contributed by atoms with Crippen molar-refractivity contribution in [3.8, 4) is 0 Å². The zero-order chi connectivity index (χ0) is 17.5. The van der Waals surface area contributed by atoms with Crippen molar-refractivity contribution in [1.82, 2.24) is 0 Å². The first-order valence-corrected chi connectivity index (χ1v) is 11.7. The first-order valence-electron chi connectivity index (χ1n) is 8.83. The molecule has 0 radical (unpaired) electrons. The van der Waals surface area contributed by atoms with Gasteiger partial charge in [-0.25, -0.2) is 4.79 Å². The lowest BCUT2D eigenvalue weighted by Gasteiger charge is -2.37. The van der Waals surface area contributed by atoms with E-state index in [0.717, 1.165) is 6.61 Å². The first kappa shape index (κ1) is 20.2. The molecule has 2 atom stereocenters. The molecule has 0 heterocycles. The number of esters is 1. The van der Waals surface area contributed by atoms with Crippen LogP contribution >= 0.6 is 0 Å². The van der Waals surface area contributed by atoms with E-state index in [-0.39, 0.29) is 11.0 Å². The molecule has 0 aromatic rings. The molecule has 3 nitrogen and oxygen atoms in total. The molecule has 0 aromatic heterocycles. The Morgan fingerprint density at radius 3 is 2.52 bits per heavy atom. The van der Waals surface area contributed by atoms with Gasteiger partial charge in [-0.05, 0) is 49.7 Å². The summed E-state index contributed by atoms with van der Waals surface area (Å²) in [6.45, 7) is 14.6. The fourth-order valence-electron chi connectivity index (χ4n) is 2.59. The fraction of sp³-hybridized carbons (Fsp3) is 0.737. The molecule has 0 aliphatic heterocycles. The van der Waals surface area contributed by atoms with E-state index in [1.54, 1.807) is 6.08 Å². The van der Waals surface area contributed by atoms with Crippen molar-refractivity contribution < 1.29 is 14.0 Å². The molecule has 1 saturated carbocycles. The van der Waals surface area contributed by atoms with Gasteiger partial charge in [-0.2, -0.15) is 0 Å². The van der Waals surface area contributed by atoms with Crippen LogP contribution in [-0.2, 0) is 14.0 Å². The highest BCUT2D eigenvalue weighted by atomic mass is 28.4. The van der Waals surface area contributed by atoms with Crippen molar-refractivity contribution >= 4 is 14.3 Å². The van der Waals surface area contributed by atoms with Crippen LogP contribution in [0.1, 0.15) is 47.0 Å². The zero-order valence-electron chi connectivity index (χ0n) is 15.7. The summed E-state index contributed by atoms with van der Waals surface area (Å²) in [7, 11) is -1.66. The van der Waals surface area contributed by atoms with Gasteiger partial charge >= 0.3 is 5.97 Å². The smallest absolute Gasteiger partial charge is 0.330 e. The number of carbonyl (C=O) groups is 1. The molecule has 4 heteroatoms. The van der Waals surface area contributed by atoms with Crippen LogP contribution in [0.3, 0.4) is 0 Å². The summed E-state index contributed by atoms with van der Waals surface area (Å²) < 4.78 is 11.3. The van der Waals surface area contributed by atoms with Crippen LogP contribution in [0.4, 0.5) is 0 Å². The molecule has 132 valence electrons. The molecule has 1 fully saturated rings. The van der Waals surface area contributed by atoms with Crippen molar-refractivity contribution in [2.75, 3.05) is 13.2 Å². The van der Waals surface area contributed by atoms with Crippen LogP contribution in [-0.4, -0.2) is 27.5 Å². The minimum atomic E-state index is -1.66. The molecule has 0 N–H and O–H groups in total. The van der Waals surface area contributed by atoms with E-state index in [4.69, 9.17) is 9.16 Å². The summed E-state index contributed by atoms with van der Waals surface area (Å²) in [5.74, 6) is 0.893. The maximum atomic E-state index is 11.3. The normalized spacial score (nSPS) is 23.0. The van der Waals surface area contributed by atoms with Gasteiger partial charge in [-0.3, -0.25) is 0 Å². The molecular weight excluding hydrogens is 304 g/mol. The summed E-state index contributed by atoms with van der Waals surface area (Å²) in [6, 6.07) is 0. The molecule has 0 bridgehead atoms. The lowest BCUT2D eigenvalue weighted by atomic mass is 9.96. The highest BCUT2D eigenvalue weighted by Crippen LogP contribution is 2.39. The van der Waals surface area contributed by atoms with Gasteiger partial charge in [-0.1, -0.05) is 45.4 Å². The average molecular weight is 339 g/mol. The maximum absolute atomic E-state index is 11.3. The van der Waals surface area contributed by atoms with Gasteiger partial charge in [0.2, 0.25) is 0 Å². The van der Waals surface area contributed by atoms with Crippen molar-refractivity contribution in [2.45, 2.75) is 65.1 Å². The predicted octanol–water partition coefficient (Wildman–Crippen LogP) is 5.10. The minimum Gasteiger partial charge on any atom is -0.463 e. The SMILES string of the molecule is CCOC(=O)C=CC=C[C@H]1CCC[C@H]1CO[Si](C)(C)C(C)(C)C. The highest BCUT2D eigenvalue weighted by molar-refractivity contribution is 6.74. The third-order valence-electron chi connectivity index (χ3n) is 5.17. The van der Waals surface area contributed by atoms with Crippen LogP contribution in [0, 0.1) is 11.8 Å². The quantitative estimate of drug-likeness (QED) is 0.280. The van der Waals surface area contributed by atoms with Crippen molar-refractivity contribution in [3.63, 3.8) is 0 Å². The number of hydrogen-bond acceptors (Lipinski definition) is 3. The van der Waals surface area contributed by atoms with Gasteiger partial charge in [0.15, 0.2) is 8.32 Å². The highest BCUT2D eigenvalue weighted by Gasteiger charge is 2.38. The maximum Gasteiger partial charge on any atom is 0.330 e. The molecule has 1 aliphatic carbocycles. The van der Waals surface area contributed by atoms with Gasteiger partial charge < -0.3 is 9.16 Å². The second-order valence-electron chi connectivity index (χ2n) is 7.92. The largest absolute Gasteiger partial charge is 0.463 e. The Hall–Kier alpha value is -0.873. The Morgan fingerprint density at radius 1 is 1.22 bits per heavy atom. The summed E-state index contributed by atoms with van der Waals surface area (Å²) in [6.07, 6.45) is 11.2. The number of carbonyl (C=O) groups excluding carboxylic acids is 1. The number of allylic oxidation sites excluding steroid dienone is 3. The Balaban J connectivity index is 2.50. The van der Waals surface area contributed by atoms with Crippen LogP contribution in [0.5, 0.6) is 0 Å². The molecule has 0 saturated heterocycles. The Morgan fingerprint density at radius 2 is 1.91 bits per heavy atom. The molecule has 0 aromatic carbocycles. The molecular formula is C19H34O3Si. The van der Waals surface area contributed by atoms with Gasteiger partial charge in [0.25, 0.3) is 0 Å². The molecule has 1 rings (SSSR count). The Labute approximate surface area is 143 Å². The summed E-state index contributed by atoms with van der Waals surface area (Å²) in [5.41, 5.74) is 0. The minimum absolute atomic E-state index is 0.263. The van der Waals surface area contributed by atoms with E-state index in [2.05, 4.69) is 39.9 Å². The molecule has 0 spiro atoms. The van der Waals surface area contributed by atoms with E-state index >= 15 is 0 Å². The van der Waals surface area contributed by atoms with E-state index in [9.17, 15) is 4.79 Å².